The maximum atomic E-state index is 12.5. The summed E-state index contributed by atoms with van der Waals surface area (Å²) in [5.41, 5.74) is 0.0881. The number of benzene rings is 1. The first-order valence-electron chi connectivity index (χ1n) is 8.02. The van der Waals surface area contributed by atoms with Gasteiger partial charge in [0.2, 0.25) is 12.7 Å². The molecule has 2 heterocycles. The molecule has 0 aliphatic carbocycles. The quantitative estimate of drug-likeness (QED) is 0.761. The Hall–Kier alpha value is -1.81. The van der Waals surface area contributed by atoms with Crippen molar-refractivity contribution >= 4 is 38.9 Å². The van der Waals surface area contributed by atoms with Gasteiger partial charge >= 0.3 is 0 Å². The van der Waals surface area contributed by atoms with Crippen molar-refractivity contribution in [3.63, 3.8) is 0 Å². The summed E-state index contributed by atoms with van der Waals surface area (Å²) in [5, 5.41) is 2.86. The molecule has 0 bridgehead atoms. The van der Waals surface area contributed by atoms with Crippen molar-refractivity contribution in [1.82, 2.24) is 9.62 Å². The van der Waals surface area contributed by atoms with E-state index in [9.17, 15) is 13.2 Å². The lowest BCUT2D eigenvalue weighted by Crippen LogP contribution is -2.46. The highest BCUT2D eigenvalue weighted by atomic mass is 35.5. The number of carbonyl (C=O) groups is 1. The zero-order valence-corrected chi connectivity index (χ0v) is 17.4. The van der Waals surface area contributed by atoms with Crippen LogP contribution in [0.4, 0.5) is 0 Å². The fourth-order valence-electron chi connectivity index (χ4n) is 2.62. The van der Waals surface area contributed by atoms with Gasteiger partial charge in [-0.05, 0) is 43.7 Å². The number of sulfonamides is 1. The van der Waals surface area contributed by atoms with Crippen molar-refractivity contribution in [2.75, 3.05) is 20.4 Å². The summed E-state index contributed by atoms with van der Waals surface area (Å²) in [5.74, 6) is 0.844. The van der Waals surface area contributed by atoms with E-state index in [4.69, 9.17) is 21.1 Å². The lowest BCUT2D eigenvalue weighted by atomic mass is 9.94. The van der Waals surface area contributed by atoms with Gasteiger partial charge < -0.3 is 14.8 Å². The number of halogens is 1. The summed E-state index contributed by atoms with van der Waals surface area (Å²) in [6.45, 7) is 3.51. The van der Waals surface area contributed by atoms with Crippen molar-refractivity contribution in [3.05, 3.63) is 40.2 Å². The molecule has 27 heavy (non-hydrogen) atoms. The molecule has 1 aliphatic rings. The topological polar surface area (TPSA) is 84.9 Å². The van der Waals surface area contributed by atoms with E-state index in [1.54, 1.807) is 12.1 Å². The van der Waals surface area contributed by atoms with Crippen molar-refractivity contribution < 1.29 is 22.7 Å². The second-order valence-corrected chi connectivity index (χ2v) is 10.5. The monoisotopic (exact) mass is 430 g/mol. The van der Waals surface area contributed by atoms with Crippen molar-refractivity contribution in [2.45, 2.75) is 23.6 Å². The molecular formula is C17H19ClN2O5S2. The number of likely N-dealkylation sites (N-methyl/N-ethyl adjacent to an activating group) is 1. The number of rotatable bonds is 6. The third kappa shape index (κ3) is 4.21. The summed E-state index contributed by atoms with van der Waals surface area (Å²) >= 11 is 6.76. The molecule has 7 nitrogen and oxygen atoms in total. The lowest BCUT2D eigenvalue weighted by molar-refractivity contribution is -0.122. The van der Waals surface area contributed by atoms with Crippen LogP contribution in [0.2, 0.25) is 4.34 Å². The molecule has 10 heteroatoms. The van der Waals surface area contributed by atoms with Gasteiger partial charge in [-0.25, -0.2) is 8.42 Å². The summed E-state index contributed by atoms with van der Waals surface area (Å²) in [6.07, 6.45) is 0. The Morgan fingerprint density at radius 1 is 1.26 bits per heavy atom. The van der Waals surface area contributed by atoms with Crippen LogP contribution in [0.5, 0.6) is 11.5 Å². The standard InChI is InChI=1S/C17H19ClN2O5S2/c1-17(2,11-4-5-12-13(8-11)25-10-24-12)19-15(21)9-20(3)27(22,23)16-7-6-14(18)26-16/h4-8H,9-10H2,1-3H3,(H,19,21). The van der Waals surface area contributed by atoms with E-state index in [0.29, 0.717) is 15.8 Å². The van der Waals surface area contributed by atoms with Gasteiger partial charge in [0.15, 0.2) is 11.5 Å². The maximum Gasteiger partial charge on any atom is 0.252 e. The van der Waals surface area contributed by atoms with E-state index < -0.39 is 21.5 Å². The Labute approximate surface area is 166 Å². The molecular weight excluding hydrogens is 412 g/mol. The van der Waals surface area contributed by atoms with Gasteiger partial charge in [-0.3, -0.25) is 4.79 Å². The number of nitrogens with zero attached hydrogens (tertiary/aromatic N) is 1. The third-order valence-electron chi connectivity index (χ3n) is 4.13. The van der Waals surface area contributed by atoms with Crippen LogP contribution in [-0.2, 0) is 20.4 Å². The molecule has 0 spiro atoms. The zero-order valence-electron chi connectivity index (χ0n) is 15.0. The number of ether oxygens (including phenoxy) is 2. The number of amides is 1. The molecule has 1 aromatic carbocycles. The van der Waals surface area contributed by atoms with E-state index in [1.165, 1.54) is 19.2 Å². The molecule has 0 saturated carbocycles. The van der Waals surface area contributed by atoms with E-state index in [-0.39, 0.29) is 17.5 Å². The SMILES string of the molecule is CN(CC(=O)NC(C)(C)c1ccc2c(c1)OCO2)S(=O)(=O)c1ccc(Cl)s1. The molecule has 0 unspecified atom stereocenters. The summed E-state index contributed by atoms with van der Waals surface area (Å²) in [4.78, 5) is 12.5. The average Bonchev–Trinajstić information content (AvgIpc) is 3.22. The highest BCUT2D eigenvalue weighted by Gasteiger charge is 2.29. The molecule has 3 rings (SSSR count). The average molecular weight is 431 g/mol. The van der Waals surface area contributed by atoms with Gasteiger partial charge in [0.1, 0.15) is 4.21 Å². The minimum Gasteiger partial charge on any atom is -0.454 e. The summed E-state index contributed by atoms with van der Waals surface area (Å²) in [7, 11) is -2.41. The van der Waals surface area contributed by atoms with E-state index in [0.717, 1.165) is 21.2 Å². The van der Waals surface area contributed by atoms with Crippen LogP contribution in [0, 0.1) is 0 Å². The van der Waals surface area contributed by atoms with Gasteiger partial charge in [0.25, 0.3) is 10.0 Å². The van der Waals surface area contributed by atoms with Gasteiger partial charge in [0, 0.05) is 7.05 Å². The predicted octanol–water partition coefficient (Wildman–Crippen LogP) is 2.80. The Balaban J connectivity index is 1.69. The molecule has 0 atom stereocenters. The third-order valence-corrected chi connectivity index (χ3v) is 7.63. The minimum absolute atomic E-state index is 0.0952. The fraction of sp³-hybridized carbons (Fsp3) is 0.353. The van der Waals surface area contributed by atoms with Crippen LogP contribution in [0.1, 0.15) is 19.4 Å². The summed E-state index contributed by atoms with van der Waals surface area (Å²) < 4.78 is 37.1. The highest BCUT2D eigenvalue weighted by Crippen LogP contribution is 2.35. The molecule has 1 N–H and O–H groups in total. The fourth-order valence-corrected chi connectivity index (χ4v) is 5.44. The number of thiophene rings is 1. The van der Waals surface area contributed by atoms with Crippen LogP contribution < -0.4 is 14.8 Å². The Morgan fingerprint density at radius 3 is 2.63 bits per heavy atom. The van der Waals surface area contributed by atoms with Crippen molar-refractivity contribution in [2.24, 2.45) is 0 Å². The molecule has 0 radical (unpaired) electrons. The molecule has 0 saturated heterocycles. The van der Waals surface area contributed by atoms with E-state index in [1.807, 2.05) is 19.9 Å². The smallest absolute Gasteiger partial charge is 0.252 e. The number of hydrogen-bond acceptors (Lipinski definition) is 6. The van der Waals surface area contributed by atoms with Gasteiger partial charge in [0.05, 0.1) is 16.4 Å². The largest absolute Gasteiger partial charge is 0.454 e. The first-order chi connectivity index (χ1) is 12.6. The van der Waals surface area contributed by atoms with Crippen LogP contribution in [-0.4, -0.2) is 39.0 Å². The highest BCUT2D eigenvalue weighted by molar-refractivity contribution is 7.91. The van der Waals surface area contributed by atoms with Gasteiger partial charge in [-0.1, -0.05) is 17.7 Å². The van der Waals surface area contributed by atoms with Crippen molar-refractivity contribution in [1.29, 1.82) is 0 Å². The Kier molecular flexibility index (Phi) is 5.40. The summed E-state index contributed by atoms with van der Waals surface area (Å²) in [6, 6.07) is 8.35. The first kappa shape index (κ1) is 19.9. The number of nitrogens with one attached hydrogen (secondary N) is 1. The molecule has 0 fully saturated rings. The van der Waals surface area contributed by atoms with Gasteiger partial charge in [-0.2, -0.15) is 4.31 Å². The molecule has 1 amide bonds. The van der Waals surface area contributed by atoms with Crippen LogP contribution >= 0.6 is 22.9 Å². The second kappa shape index (κ2) is 7.31. The van der Waals surface area contributed by atoms with Crippen LogP contribution in [0.3, 0.4) is 0 Å². The Morgan fingerprint density at radius 2 is 1.96 bits per heavy atom. The molecule has 1 aromatic heterocycles. The van der Waals surface area contributed by atoms with E-state index in [2.05, 4.69) is 5.32 Å². The number of hydrogen-bond donors (Lipinski definition) is 1. The van der Waals surface area contributed by atoms with Crippen LogP contribution in [0.15, 0.2) is 34.5 Å². The second-order valence-electron chi connectivity index (χ2n) is 6.56. The molecule has 2 aromatic rings. The first-order valence-corrected chi connectivity index (χ1v) is 10.7. The van der Waals surface area contributed by atoms with Crippen molar-refractivity contribution in [3.8, 4) is 11.5 Å². The normalized spacial score (nSPS) is 13.8. The minimum atomic E-state index is -3.77. The maximum absolute atomic E-state index is 12.5. The zero-order chi connectivity index (χ0) is 19.8. The lowest BCUT2D eigenvalue weighted by Gasteiger charge is -2.28. The number of carbonyl (C=O) groups excluding carboxylic acids is 1. The number of fused-ring (bicyclic) bond motifs is 1. The molecule has 146 valence electrons. The van der Waals surface area contributed by atoms with Gasteiger partial charge in [-0.15, -0.1) is 11.3 Å². The predicted molar refractivity (Wildman–Crippen MR) is 103 cm³/mol. The van der Waals surface area contributed by atoms with E-state index >= 15 is 0 Å². The van der Waals surface area contributed by atoms with Crippen LogP contribution in [0.25, 0.3) is 0 Å². The molecule has 1 aliphatic heterocycles. The Bertz CT molecular complexity index is 971.